The first-order valence-corrected chi connectivity index (χ1v) is 4.57. The fourth-order valence-corrected chi connectivity index (χ4v) is 1.34. The van der Waals surface area contributed by atoms with Gasteiger partial charge in [0, 0.05) is 13.8 Å². The maximum atomic E-state index is 11.3. The van der Waals surface area contributed by atoms with E-state index >= 15 is 0 Å². The van der Waals surface area contributed by atoms with E-state index in [0.29, 0.717) is 11.2 Å². The van der Waals surface area contributed by atoms with E-state index in [4.69, 9.17) is 0 Å². The summed E-state index contributed by atoms with van der Waals surface area (Å²) in [6, 6.07) is 0. The van der Waals surface area contributed by atoms with Crippen molar-refractivity contribution in [2.45, 2.75) is 13.8 Å². The third-order valence-electron chi connectivity index (χ3n) is 1.99. The number of rotatable bonds is 1. The third kappa shape index (κ3) is 1.62. The van der Waals surface area contributed by atoms with Crippen LogP contribution in [0.15, 0.2) is 12.5 Å². The summed E-state index contributed by atoms with van der Waals surface area (Å²) in [5.41, 5.74) is 1.06. The zero-order chi connectivity index (χ0) is 11.7. The Labute approximate surface area is 90.5 Å². The van der Waals surface area contributed by atoms with Crippen LogP contribution < -0.4 is 4.90 Å². The molecule has 0 fully saturated rings. The van der Waals surface area contributed by atoms with E-state index in [2.05, 4.69) is 19.9 Å². The number of fused-ring (bicyclic) bond motifs is 1. The predicted octanol–water partition coefficient (Wildman–Crippen LogP) is 0.252. The van der Waals surface area contributed by atoms with Crippen LogP contribution in [0.1, 0.15) is 13.8 Å². The van der Waals surface area contributed by atoms with Crippen molar-refractivity contribution in [3.05, 3.63) is 12.5 Å². The summed E-state index contributed by atoms with van der Waals surface area (Å²) in [6.45, 7) is 2.55. The number of nitrogens with zero attached hydrogens (tertiary/aromatic N) is 4. The minimum absolute atomic E-state index is 0.0413. The average molecular weight is 219 g/mol. The number of aromatic nitrogens is 4. The van der Waals surface area contributed by atoms with Gasteiger partial charge in [-0.2, -0.15) is 4.98 Å². The zero-order valence-corrected chi connectivity index (χ0v) is 8.76. The molecule has 0 radical (unpaired) electrons. The second-order valence-electron chi connectivity index (χ2n) is 3.18. The molecule has 0 aliphatic carbocycles. The van der Waals surface area contributed by atoms with E-state index in [1.165, 1.54) is 26.4 Å². The molecule has 2 rings (SSSR count). The van der Waals surface area contributed by atoms with Crippen LogP contribution in [-0.4, -0.2) is 31.8 Å². The number of aromatic amines is 1. The molecule has 0 unspecified atom stereocenters. The monoisotopic (exact) mass is 219 g/mol. The third-order valence-corrected chi connectivity index (χ3v) is 1.99. The average Bonchev–Trinajstić information content (AvgIpc) is 2.63. The van der Waals surface area contributed by atoms with Gasteiger partial charge in [-0.05, 0) is 0 Å². The Kier molecular flexibility index (Phi) is 2.35. The topological polar surface area (TPSA) is 91.8 Å². The van der Waals surface area contributed by atoms with E-state index < -0.39 is 11.8 Å². The summed E-state index contributed by atoms with van der Waals surface area (Å²) < 4.78 is 0. The number of amides is 2. The number of imide groups is 1. The standard InChI is InChI=1S/C9H9N5O2/c1-5(15)14(6(2)16)9-10-3-7-8(13-9)12-4-11-7/h3-4H,1-2H3,(H,10,11,12,13). The molecule has 0 spiro atoms. The van der Waals surface area contributed by atoms with Crippen molar-refractivity contribution in [1.29, 1.82) is 0 Å². The SMILES string of the molecule is CC(=O)N(C(C)=O)c1ncc2[nH]cnc2n1. The molecule has 0 atom stereocenters. The van der Waals surface area contributed by atoms with Gasteiger partial charge in [-0.3, -0.25) is 9.59 Å². The fraction of sp³-hybridized carbons (Fsp3) is 0.222. The highest BCUT2D eigenvalue weighted by Gasteiger charge is 2.19. The van der Waals surface area contributed by atoms with E-state index in [-0.39, 0.29) is 5.95 Å². The van der Waals surface area contributed by atoms with Gasteiger partial charge in [0.05, 0.1) is 12.5 Å². The maximum absolute atomic E-state index is 11.3. The smallest absolute Gasteiger partial charge is 0.241 e. The number of H-pyrrole nitrogens is 1. The van der Waals surface area contributed by atoms with Crippen molar-refractivity contribution in [2.24, 2.45) is 0 Å². The van der Waals surface area contributed by atoms with Crippen LogP contribution in [0.5, 0.6) is 0 Å². The van der Waals surface area contributed by atoms with Crippen molar-refractivity contribution in [3.8, 4) is 0 Å². The van der Waals surface area contributed by atoms with E-state index in [1.54, 1.807) is 0 Å². The van der Waals surface area contributed by atoms with Gasteiger partial charge in [0.1, 0.15) is 5.52 Å². The van der Waals surface area contributed by atoms with Crippen LogP contribution in [0.2, 0.25) is 0 Å². The molecule has 82 valence electrons. The van der Waals surface area contributed by atoms with Crippen LogP contribution in [0, 0.1) is 0 Å². The Bertz CT molecular complexity index is 548. The highest BCUT2D eigenvalue weighted by Crippen LogP contribution is 2.11. The Hall–Kier alpha value is -2.31. The van der Waals surface area contributed by atoms with Gasteiger partial charge in [0.15, 0.2) is 5.65 Å². The first-order valence-electron chi connectivity index (χ1n) is 4.57. The molecule has 0 aliphatic rings. The summed E-state index contributed by atoms with van der Waals surface area (Å²) in [7, 11) is 0. The molecule has 0 saturated heterocycles. The van der Waals surface area contributed by atoms with E-state index in [0.717, 1.165) is 4.90 Å². The molecule has 0 bridgehead atoms. The van der Waals surface area contributed by atoms with Gasteiger partial charge in [-0.1, -0.05) is 0 Å². The molecular weight excluding hydrogens is 210 g/mol. The summed E-state index contributed by atoms with van der Waals surface area (Å²) in [5.74, 6) is -0.815. The quantitative estimate of drug-likeness (QED) is 0.742. The van der Waals surface area contributed by atoms with Gasteiger partial charge in [-0.15, -0.1) is 0 Å². The normalized spacial score (nSPS) is 10.4. The second-order valence-corrected chi connectivity index (χ2v) is 3.18. The lowest BCUT2D eigenvalue weighted by molar-refractivity contribution is -0.124. The number of hydrogen-bond acceptors (Lipinski definition) is 5. The molecule has 0 saturated carbocycles. The Morgan fingerprint density at radius 1 is 1.25 bits per heavy atom. The highest BCUT2D eigenvalue weighted by atomic mass is 16.2. The molecule has 0 aliphatic heterocycles. The molecule has 0 aromatic carbocycles. The summed E-state index contributed by atoms with van der Waals surface area (Å²) in [6.07, 6.45) is 2.94. The van der Waals surface area contributed by atoms with Gasteiger partial charge in [0.25, 0.3) is 0 Å². The maximum Gasteiger partial charge on any atom is 0.241 e. The molecule has 16 heavy (non-hydrogen) atoms. The Balaban J connectivity index is 2.52. The van der Waals surface area contributed by atoms with E-state index in [1.807, 2.05) is 0 Å². The minimum Gasteiger partial charge on any atom is -0.342 e. The largest absolute Gasteiger partial charge is 0.342 e. The molecular formula is C9H9N5O2. The first-order chi connectivity index (χ1) is 7.59. The van der Waals surface area contributed by atoms with Crippen LogP contribution in [0.3, 0.4) is 0 Å². The van der Waals surface area contributed by atoms with Crippen molar-refractivity contribution in [3.63, 3.8) is 0 Å². The van der Waals surface area contributed by atoms with Gasteiger partial charge in [-0.25, -0.2) is 14.9 Å². The number of anilines is 1. The van der Waals surface area contributed by atoms with Crippen molar-refractivity contribution in [2.75, 3.05) is 4.90 Å². The summed E-state index contributed by atoms with van der Waals surface area (Å²) in [5, 5.41) is 0. The second kappa shape index (κ2) is 3.69. The number of carbonyl (C=O) groups is 2. The van der Waals surface area contributed by atoms with Crippen LogP contribution in [-0.2, 0) is 9.59 Å². The van der Waals surface area contributed by atoms with Gasteiger partial charge >= 0.3 is 0 Å². The minimum atomic E-state index is -0.428. The molecule has 2 aromatic rings. The van der Waals surface area contributed by atoms with Gasteiger partial charge < -0.3 is 4.98 Å². The predicted molar refractivity (Wildman–Crippen MR) is 55.5 cm³/mol. The number of nitrogens with one attached hydrogen (secondary N) is 1. The fourth-order valence-electron chi connectivity index (χ4n) is 1.34. The van der Waals surface area contributed by atoms with E-state index in [9.17, 15) is 9.59 Å². The van der Waals surface area contributed by atoms with Crippen molar-refractivity contribution in [1.82, 2.24) is 19.9 Å². The summed E-state index contributed by atoms with van der Waals surface area (Å²) >= 11 is 0. The van der Waals surface area contributed by atoms with Crippen LogP contribution in [0.25, 0.3) is 11.2 Å². The molecule has 2 aromatic heterocycles. The molecule has 7 nitrogen and oxygen atoms in total. The van der Waals surface area contributed by atoms with Crippen molar-refractivity contribution >= 4 is 28.9 Å². The number of imidazole rings is 1. The lowest BCUT2D eigenvalue weighted by Crippen LogP contribution is -2.34. The highest BCUT2D eigenvalue weighted by molar-refractivity contribution is 6.12. The molecule has 1 N–H and O–H groups in total. The van der Waals surface area contributed by atoms with Crippen molar-refractivity contribution < 1.29 is 9.59 Å². The lowest BCUT2D eigenvalue weighted by Gasteiger charge is -2.13. The first kappa shape index (κ1) is 10.2. The molecule has 2 heterocycles. The lowest BCUT2D eigenvalue weighted by atomic mass is 10.5. The Morgan fingerprint density at radius 3 is 2.56 bits per heavy atom. The molecule has 2 amide bonds. The van der Waals surface area contributed by atoms with Gasteiger partial charge in [0.2, 0.25) is 17.8 Å². The number of carbonyl (C=O) groups excluding carboxylic acids is 2. The zero-order valence-electron chi connectivity index (χ0n) is 8.76. The summed E-state index contributed by atoms with van der Waals surface area (Å²) in [4.78, 5) is 38.1. The molecule has 7 heteroatoms. The Morgan fingerprint density at radius 2 is 1.94 bits per heavy atom. The number of hydrogen-bond donors (Lipinski definition) is 1. The van der Waals surface area contributed by atoms with Crippen LogP contribution >= 0.6 is 0 Å². The van der Waals surface area contributed by atoms with Crippen LogP contribution in [0.4, 0.5) is 5.95 Å².